The van der Waals surface area contributed by atoms with Crippen LogP contribution in [0.2, 0.25) is 5.02 Å². The molecule has 0 bridgehead atoms. The number of nitrogens with zero attached hydrogens (tertiary/aromatic N) is 3. The van der Waals surface area contributed by atoms with Crippen molar-refractivity contribution in [3.8, 4) is 5.75 Å². The molecule has 8 nitrogen and oxygen atoms in total. The summed E-state index contributed by atoms with van der Waals surface area (Å²) in [6, 6.07) is 9.47. The number of nitro groups is 1. The summed E-state index contributed by atoms with van der Waals surface area (Å²) in [5.74, 6) is 0.333. The van der Waals surface area contributed by atoms with Crippen molar-refractivity contribution in [1.29, 1.82) is 0 Å². The Kier molecular flexibility index (Phi) is 7.11. The van der Waals surface area contributed by atoms with Crippen LogP contribution in [0.1, 0.15) is 10.4 Å². The van der Waals surface area contributed by atoms with Gasteiger partial charge in [-0.1, -0.05) is 11.6 Å². The number of hydrogen-bond acceptors (Lipinski definition) is 6. The zero-order valence-electron chi connectivity index (χ0n) is 15.9. The molecule has 0 unspecified atom stereocenters. The van der Waals surface area contributed by atoms with Crippen molar-refractivity contribution in [1.82, 2.24) is 10.2 Å². The monoisotopic (exact) mass is 512 g/mol. The standard InChI is InChI=1S/C19H18BrClN4O4S/c1-29-17-5-2-12(10-14(17)20)18(26)22-19(30)24-8-6-23(7-9-24)16-4-3-13(25(27)28)11-15(16)21/h2-5,10-11H,6-9H2,1H3,(H,22,26,30). The summed E-state index contributed by atoms with van der Waals surface area (Å²) in [5, 5.41) is 14.3. The summed E-state index contributed by atoms with van der Waals surface area (Å²) < 4.78 is 5.85. The van der Waals surface area contributed by atoms with E-state index in [1.807, 2.05) is 9.80 Å². The number of methoxy groups -OCH3 is 1. The summed E-state index contributed by atoms with van der Waals surface area (Å²) in [7, 11) is 1.55. The Morgan fingerprint density at radius 1 is 1.23 bits per heavy atom. The van der Waals surface area contributed by atoms with Crippen molar-refractivity contribution >= 4 is 62.1 Å². The highest BCUT2D eigenvalue weighted by molar-refractivity contribution is 9.10. The van der Waals surface area contributed by atoms with Gasteiger partial charge in [0.15, 0.2) is 5.11 Å². The highest BCUT2D eigenvalue weighted by Crippen LogP contribution is 2.30. The van der Waals surface area contributed by atoms with E-state index in [9.17, 15) is 14.9 Å². The van der Waals surface area contributed by atoms with Crippen molar-refractivity contribution < 1.29 is 14.5 Å². The Bertz CT molecular complexity index is 998. The minimum absolute atomic E-state index is 0.0450. The van der Waals surface area contributed by atoms with Gasteiger partial charge in [-0.25, -0.2) is 0 Å². The minimum atomic E-state index is -0.476. The van der Waals surface area contributed by atoms with Crippen molar-refractivity contribution in [2.75, 3.05) is 38.2 Å². The molecule has 0 aromatic heterocycles. The Balaban J connectivity index is 1.58. The highest BCUT2D eigenvalue weighted by Gasteiger charge is 2.23. The molecule has 2 aromatic rings. The summed E-state index contributed by atoms with van der Waals surface area (Å²) in [6.07, 6.45) is 0. The Morgan fingerprint density at radius 2 is 1.93 bits per heavy atom. The van der Waals surface area contributed by atoms with Crippen molar-refractivity contribution in [2.24, 2.45) is 0 Å². The number of rotatable bonds is 4. The number of benzene rings is 2. The number of carbonyl (C=O) groups excluding carboxylic acids is 1. The van der Waals surface area contributed by atoms with Gasteiger partial charge in [0, 0.05) is 43.9 Å². The fourth-order valence-corrected chi connectivity index (χ4v) is 4.18. The number of anilines is 1. The molecule has 30 heavy (non-hydrogen) atoms. The average Bonchev–Trinajstić information content (AvgIpc) is 2.73. The molecule has 3 rings (SSSR count). The number of hydrogen-bond donors (Lipinski definition) is 1. The van der Waals surface area contributed by atoms with Crippen molar-refractivity contribution in [3.05, 3.63) is 61.6 Å². The first kappa shape index (κ1) is 22.3. The molecule has 2 aromatic carbocycles. The zero-order chi connectivity index (χ0) is 21.8. The van der Waals surface area contributed by atoms with E-state index >= 15 is 0 Å². The van der Waals surface area contributed by atoms with E-state index in [-0.39, 0.29) is 11.6 Å². The number of nitrogens with one attached hydrogen (secondary N) is 1. The number of non-ortho nitro benzene ring substituents is 1. The van der Waals surface area contributed by atoms with E-state index in [1.54, 1.807) is 31.4 Å². The number of halogens is 2. The lowest BCUT2D eigenvalue weighted by Crippen LogP contribution is -2.52. The maximum absolute atomic E-state index is 12.5. The number of piperazine rings is 1. The largest absolute Gasteiger partial charge is 0.496 e. The minimum Gasteiger partial charge on any atom is -0.496 e. The Morgan fingerprint density at radius 3 is 2.50 bits per heavy atom. The molecule has 1 aliphatic heterocycles. The lowest BCUT2D eigenvalue weighted by molar-refractivity contribution is -0.384. The smallest absolute Gasteiger partial charge is 0.271 e. The summed E-state index contributed by atoms with van der Waals surface area (Å²) in [6.45, 7) is 2.39. The molecule has 1 heterocycles. The number of ether oxygens (including phenoxy) is 1. The van der Waals surface area contributed by atoms with Gasteiger partial charge in [0.05, 0.1) is 27.2 Å². The second-order valence-corrected chi connectivity index (χ2v) is 8.12. The molecular formula is C19H18BrClN4O4S. The van der Waals surface area contributed by atoms with Crippen LogP contribution in [0.3, 0.4) is 0 Å². The van der Waals surface area contributed by atoms with E-state index in [1.165, 1.54) is 12.1 Å². The van der Waals surface area contributed by atoms with Crippen LogP contribution in [0.25, 0.3) is 0 Å². The predicted molar refractivity (Wildman–Crippen MR) is 123 cm³/mol. The molecule has 11 heteroatoms. The van der Waals surface area contributed by atoms with Gasteiger partial charge in [0.25, 0.3) is 11.6 Å². The number of nitro benzene ring substituents is 1. The van der Waals surface area contributed by atoms with Gasteiger partial charge in [-0.2, -0.15) is 0 Å². The third-order valence-corrected chi connectivity index (χ3v) is 5.97. The average molecular weight is 514 g/mol. The summed E-state index contributed by atoms with van der Waals surface area (Å²) in [5.41, 5.74) is 1.15. The zero-order valence-corrected chi connectivity index (χ0v) is 19.1. The maximum Gasteiger partial charge on any atom is 0.271 e. The molecule has 0 radical (unpaired) electrons. The molecule has 0 spiro atoms. The number of thiocarbonyl (C=S) groups is 1. The van der Waals surface area contributed by atoms with E-state index in [2.05, 4.69) is 21.2 Å². The molecule has 1 aliphatic rings. The van der Waals surface area contributed by atoms with E-state index in [0.717, 1.165) is 5.69 Å². The Hall–Kier alpha value is -2.43. The highest BCUT2D eigenvalue weighted by atomic mass is 79.9. The van der Waals surface area contributed by atoms with E-state index in [4.69, 9.17) is 28.6 Å². The number of carbonyl (C=O) groups is 1. The van der Waals surface area contributed by atoms with Gasteiger partial charge in [-0.05, 0) is 52.4 Å². The molecule has 0 saturated carbocycles. The second-order valence-electron chi connectivity index (χ2n) is 6.48. The molecule has 1 fully saturated rings. The molecular weight excluding hydrogens is 496 g/mol. The first-order chi connectivity index (χ1) is 14.3. The van der Waals surface area contributed by atoms with Gasteiger partial charge in [0.2, 0.25) is 0 Å². The third-order valence-electron chi connectivity index (χ3n) is 4.68. The van der Waals surface area contributed by atoms with Crippen LogP contribution < -0.4 is 15.0 Å². The van der Waals surface area contributed by atoms with Crippen LogP contribution in [-0.4, -0.2) is 54.1 Å². The summed E-state index contributed by atoms with van der Waals surface area (Å²) in [4.78, 5) is 26.8. The van der Waals surface area contributed by atoms with Crippen LogP contribution in [0, 0.1) is 10.1 Å². The predicted octanol–water partition coefficient (Wildman–Crippen LogP) is 3.86. The van der Waals surface area contributed by atoms with Crippen LogP contribution in [-0.2, 0) is 0 Å². The van der Waals surface area contributed by atoms with Crippen molar-refractivity contribution in [3.63, 3.8) is 0 Å². The van der Waals surface area contributed by atoms with Crippen LogP contribution in [0.15, 0.2) is 40.9 Å². The van der Waals surface area contributed by atoms with Gasteiger partial charge in [-0.15, -0.1) is 0 Å². The van der Waals surface area contributed by atoms with E-state index in [0.29, 0.717) is 52.1 Å². The molecule has 158 valence electrons. The summed E-state index contributed by atoms with van der Waals surface area (Å²) >= 11 is 15.0. The van der Waals surface area contributed by atoms with Gasteiger partial charge in [-0.3, -0.25) is 20.2 Å². The molecule has 1 amide bonds. The maximum atomic E-state index is 12.5. The fraction of sp³-hybridized carbons (Fsp3) is 0.263. The van der Waals surface area contributed by atoms with Crippen LogP contribution >= 0.6 is 39.7 Å². The second kappa shape index (κ2) is 9.59. The SMILES string of the molecule is COc1ccc(C(=O)NC(=S)N2CCN(c3ccc([N+](=O)[O-])cc3Cl)CC2)cc1Br. The van der Waals surface area contributed by atoms with Gasteiger partial charge >= 0.3 is 0 Å². The van der Waals surface area contributed by atoms with Gasteiger partial charge in [0.1, 0.15) is 5.75 Å². The van der Waals surface area contributed by atoms with Gasteiger partial charge < -0.3 is 14.5 Å². The quantitative estimate of drug-likeness (QED) is 0.377. The van der Waals surface area contributed by atoms with Crippen LogP contribution in [0.5, 0.6) is 5.75 Å². The first-order valence-corrected chi connectivity index (χ1v) is 10.5. The topological polar surface area (TPSA) is 88.0 Å². The lowest BCUT2D eigenvalue weighted by Gasteiger charge is -2.37. The molecule has 0 atom stereocenters. The van der Waals surface area contributed by atoms with E-state index < -0.39 is 4.92 Å². The third kappa shape index (κ3) is 5.00. The Labute approximate surface area is 192 Å². The lowest BCUT2D eigenvalue weighted by atomic mass is 10.2. The molecule has 1 saturated heterocycles. The number of amides is 1. The fourth-order valence-electron chi connectivity index (χ4n) is 3.07. The molecule has 0 aliphatic carbocycles. The first-order valence-electron chi connectivity index (χ1n) is 8.93. The molecule has 1 N–H and O–H groups in total. The van der Waals surface area contributed by atoms with Crippen LogP contribution in [0.4, 0.5) is 11.4 Å². The van der Waals surface area contributed by atoms with Crippen molar-refractivity contribution in [2.45, 2.75) is 0 Å². The normalized spacial score (nSPS) is 13.7.